The van der Waals surface area contributed by atoms with E-state index in [9.17, 15) is 9.90 Å². The van der Waals surface area contributed by atoms with Crippen molar-refractivity contribution in [3.8, 4) is 11.5 Å². The second kappa shape index (κ2) is 9.73. The number of aliphatic hydroxyl groups is 1. The Morgan fingerprint density at radius 2 is 1.34 bits per heavy atom. The molecular formula is C23H23NO5. The van der Waals surface area contributed by atoms with Crippen LogP contribution in [0.25, 0.3) is 0 Å². The number of aliphatic hydroxyl groups excluding tert-OH is 1. The van der Waals surface area contributed by atoms with Crippen LogP contribution in [0.1, 0.15) is 22.8 Å². The zero-order chi connectivity index (χ0) is 20.6. The third-order valence-corrected chi connectivity index (χ3v) is 4.41. The van der Waals surface area contributed by atoms with E-state index in [1.165, 1.54) is 0 Å². The van der Waals surface area contributed by atoms with Gasteiger partial charge in [0.25, 0.3) is 0 Å². The molecule has 0 aromatic heterocycles. The van der Waals surface area contributed by atoms with Gasteiger partial charge >= 0.3 is 5.97 Å². The summed E-state index contributed by atoms with van der Waals surface area (Å²) in [6.07, 6.45) is -1.37. The Kier molecular flexibility index (Phi) is 6.84. The molecule has 4 N–H and O–H groups in total. The Hall–Kier alpha value is -3.35. The van der Waals surface area contributed by atoms with E-state index in [1.54, 1.807) is 18.2 Å². The maximum absolute atomic E-state index is 11.1. The molecule has 1 unspecified atom stereocenters. The predicted octanol–water partition coefficient (Wildman–Crippen LogP) is 3.29. The van der Waals surface area contributed by atoms with Gasteiger partial charge in [-0.25, -0.2) is 0 Å². The number of rotatable bonds is 9. The van der Waals surface area contributed by atoms with Crippen LogP contribution in [-0.2, 0) is 18.0 Å². The molecule has 0 radical (unpaired) electrons. The smallest absolute Gasteiger partial charge is 0.323 e. The van der Waals surface area contributed by atoms with Crippen molar-refractivity contribution in [3.63, 3.8) is 0 Å². The lowest BCUT2D eigenvalue weighted by molar-refractivity contribution is -0.141. The van der Waals surface area contributed by atoms with Crippen molar-refractivity contribution in [2.75, 3.05) is 0 Å². The molecule has 0 fully saturated rings. The average molecular weight is 393 g/mol. The number of hydrogen-bond donors (Lipinski definition) is 3. The average Bonchev–Trinajstić information content (AvgIpc) is 2.76. The minimum absolute atomic E-state index is 0.299. The molecule has 0 aliphatic carbocycles. The highest BCUT2D eigenvalue weighted by atomic mass is 16.5. The Morgan fingerprint density at radius 1 is 0.828 bits per heavy atom. The number of hydrogen-bond acceptors (Lipinski definition) is 5. The van der Waals surface area contributed by atoms with Gasteiger partial charge < -0.3 is 25.4 Å². The molecule has 0 amide bonds. The number of nitrogens with two attached hydrogens (primary N) is 1. The second-order valence-corrected chi connectivity index (χ2v) is 6.56. The number of ether oxygens (including phenoxy) is 2. The lowest BCUT2D eigenvalue weighted by Gasteiger charge is -2.18. The van der Waals surface area contributed by atoms with E-state index < -0.39 is 18.1 Å². The molecule has 0 aliphatic rings. The van der Waals surface area contributed by atoms with Crippen molar-refractivity contribution in [2.24, 2.45) is 5.73 Å². The van der Waals surface area contributed by atoms with Crippen molar-refractivity contribution >= 4 is 5.97 Å². The third kappa shape index (κ3) is 5.57. The Bertz CT molecular complexity index is 931. The minimum Gasteiger partial charge on any atom is -0.485 e. The molecule has 0 heterocycles. The summed E-state index contributed by atoms with van der Waals surface area (Å²) in [4.78, 5) is 11.1. The van der Waals surface area contributed by atoms with E-state index in [0.717, 1.165) is 11.1 Å². The fourth-order valence-corrected chi connectivity index (χ4v) is 2.75. The van der Waals surface area contributed by atoms with Gasteiger partial charge in [0.15, 0.2) is 11.5 Å². The molecule has 3 aromatic rings. The zero-order valence-electron chi connectivity index (χ0n) is 15.8. The second-order valence-electron chi connectivity index (χ2n) is 6.56. The number of carboxylic acid groups (broad SMARTS) is 1. The van der Waals surface area contributed by atoms with Crippen LogP contribution >= 0.6 is 0 Å². The van der Waals surface area contributed by atoms with Crippen LogP contribution in [0.3, 0.4) is 0 Å². The van der Waals surface area contributed by atoms with Crippen LogP contribution in [-0.4, -0.2) is 22.2 Å². The first kappa shape index (κ1) is 20.4. The van der Waals surface area contributed by atoms with Crippen molar-refractivity contribution in [3.05, 3.63) is 95.6 Å². The molecule has 3 aromatic carbocycles. The van der Waals surface area contributed by atoms with Crippen LogP contribution in [0.4, 0.5) is 0 Å². The topological polar surface area (TPSA) is 102 Å². The molecule has 0 saturated carbocycles. The van der Waals surface area contributed by atoms with Gasteiger partial charge in [0, 0.05) is 0 Å². The molecule has 3 rings (SSSR count). The normalized spacial score (nSPS) is 12.8. The zero-order valence-corrected chi connectivity index (χ0v) is 15.8. The summed E-state index contributed by atoms with van der Waals surface area (Å²) in [6.45, 7) is 0.645. The molecule has 29 heavy (non-hydrogen) atoms. The highest BCUT2D eigenvalue weighted by Gasteiger charge is 2.24. The predicted molar refractivity (Wildman–Crippen MR) is 109 cm³/mol. The van der Waals surface area contributed by atoms with Gasteiger partial charge in [-0.15, -0.1) is 0 Å². The summed E-state index contributed by atoms with van der Waals surface area (Å²) < 4.78 is 11.8. The van der Waals surface area contributed by atoms with Crippen molar-refractivity contribution in [1.29, 1.82) is 0 Å². The molecule has 0 aliphatic heterocycles. The number of benzene rings is 3. The van der Waals surface area contributed by atoms with Gasteiger partial charge in [0.05, 0.1) is 0 Å². The Balaban J connectivity index is 1.82. The summed E-state index contributed by atoms with van der Waals surface area (Å²) in [5.74, 6) is -0.391. The van der Waals surface area contributed by atoms with Gasteiger partial charge in [-0.2, -0.15) is 0 Å². The fourth-order valence-electron chi connectivity index (χ4n) is 2.75. The van der Waals surface area contributed by atoms with Gasteiger partial charge in [0.2, 0.25) is 0 Å². The van der Waals surface area contributed by atoms with E-state index in [4.69, 9.17) is 20.3 Å². The van der Waals surface area contributed by atoms with E-state index in [0.29, 0.717) is 30.3 Å². The molecular weight excluding hydrogens is 370 g/mol. The van der Waals surface area contributed by atoms with Gasteiger partial charge in [-0.1, -0.05) is 66.7 Å². The van der Waals surface area contributed by atoms with Crippen LogP contribution in [0.2, 0.25) is 0 Å². The summed E-state index contributed by atoms with van der Waals surface area (Å²) in [5.41, 5.74) is 7.87. The summed E-state index contributed by atoms with van der Waals surface area (Å²) in [7, 11) is 0. The largest absolute Gasteiger partial charge is 0.485 e. The van der Waals surface area contributed by atoms with E-state index >= 15 is 0 Å². The quantitative estimate of drug-likeness (QED) is 0.516. The summed E-state index contributed by atoms with van der Waals surface area (Å²) in [5, 5.41) is 19.3. The lowest BCUT2D eigenvalue weighted by Crippen LogP contribution is -2.36. The first-order chi connectivity index (χ1) is 14.0. The van der Waals surface area contributed by atoms with Crippen molar-refractivity contribution in [1.82, 2.24) is 0 Å². The fraction of sp³-hybridized carbons (Fsp3) is 0.174. The monoisotopic (exact) mass is 393 g/mol. The van der Waals surface area contributed by atoms with Gasteiger partial charge in [-0.3, -0.25) is 4.79 Å². The molecule has 0 bridgehead atoms. The van der Waals surface area contributed by atoms with Crippen LogP contribution in [0, 0.1) is 0 Å². The molecule has 6 nitrogen and oxygen atoms in total. The SMILES string of the molecule is N[C@@H](C(=O)O)C(O)c1ccc(OCc2ccccc2)c(OCc2ccccc2)c1. The maximum atomic E-state index is 11.1. The highest BCUT2D eigenvalue weighted by Crippen LogP contribution is 2.32. The molecule has 6 heteroatoms. The standard InChI is InChI=1S/C23H23NO5/c24-21(23(26)27)22(25)18-11-12-19(28-14-16-7-3-1-4-8-16)20(13-18)29-15-17-9-5-2-6-10-17/h1-13,21-22,25H,14-15,24H2,(H,26,27)/t21-,22?/m1/s1. The van der Waals surface area contributed by atoms with E-state index in [2.05, 4.69) is 0 Å². The van der Waals surface area contributed by atoms with Gasteiger partial charge in [0.1, 0.15) is 25.4 Å². The van der Waals surface area contributed by atoms with Crippen molar-refractivity contribution in [2.45, 2.75) is 25.4 Å². The van der Waals surface area contributed by atoms with Crippen LogP contribution in [0.5, 0.6) is 11.5 Å². The molecule has 0 saturated heterocycles. The third-order valence-electron chi connectivity index (χ3n) is 4.41. The van der Waals surface area contributed by atoms with E-state index in [-0.39, 0.29) is 0 Å². The number of carboxylic acids is 1. The molecule has 150 valence electrons. The lowest BCUT2D eigenvalue weighted by atomic mass is 10.0. The maximum Gasteiger partial charge on any atom is 0.323 e. The number of carbonyl (C=O) groups is 1. The first-order valence-corrected chi connectivity index (χ1v) is 9.18. The highest BCUT2D eigenvalue weighted by molar-refractivity contribution is 5.74. The van der Waals surface area contributed by atoms with Gasteiger partial charge in [-0.05, 0) is 28.8 Å². The van der Waals surface area contributed by atoms with Crippen molar-refractivity contribution < 1.29 is 24.5 Å². The van der Waals surface area contributed by atoms with Crippen LogP contribution in [0.15, 0.2) is 78.9 Å². The first-order valence-electron chi connectivity index (χ1n) is 9.18. The molecule has 2 atom stereocenters. The van der Waals surface area contributed by atoms with Crippen LogP contribution < -0.4 is 15.2 Å². The Morgan fingerprint density at radius 3 is 1.86 bits per heavy atom. The minimum atomic E-state index is -1.44. The number of aliphatic carboxylic acids is 1. The van der Waals surface area contributed by atoms with E-state index in [1.807, 2.05) is 60.7 Å². The molecule has 0 spiro atoms. The Labute approximate surface area is 169 Å². The summed E-state index contributed by atoms with van der Waals surface area (Å²) >= 11 is 0. The summed E-state index contributed by atoms with van der Waals surface area (Å²) in [6, 6.07) is 22.7.